The summed E-state index contributed by atoms with van der Waals surface area (Å²) in [5.74, 6) is -1.00. The molecule has 166 valence electrons. The summed E-state index contributed by atoms with van der Waals surface area (Å²) in [6.07, 6.45) is 8.56. The molecule has 1 amide bonds. The second kappa shape index (κ2) is 7.78. The molecule has 0 saturated heterocycles. The van der Waals surface area contributed by atoms with E-state index in [2.05, 4.69) is 25.4 Å². The van der Waals surface area contributed by atoms with E-state index in [1.807, 2.05) is 0 Å². The van der Waals surface area contributed by atoms with E-state index in [4.69, 9.17) is 0 Å². The first-order valence-corrected chi connectivity index (χ1v) is 11.8. The van der Waals surface area contributed by atoms with Crippen LogP contribution in [0.2, 0.25) is 0 Å². The van der Waals surface area contributed by atoms with E-state index in [-0.39, 0.29) is 11.4 Å². The van der Waals surface area contributed by atoms with Gasteiger partial charge in [0.25, 0.3) is 5.91 Å². The van der Waals surface area contributed by atoms with Crippen LogP contribution in [0.4, 0.5) is 4.39 Å². The van der Waals surface area contributed by atoms with Crippen LogP contribution in [0.25, 0.3) is 27.6 Å². The summed E-state index contributed by atoms with van der Waals surface area (Å²) >= 11 is 0. The molecule has 33 heavy (non-hydrogen) atoms. The molecule has 0 aliphatic heterocycles. The van der Waals surface area contributed by atoms with Gasteiger partial charge in [0.1, 0.15) is 11.5 Å². The van der Waals surface area contributed by atoms with Gasteiger partial charge in [0, 0.05) is 41.2 Å². The summed E-state index contributed by atoms with van der Waals surface area (Å²) in [7, 11) is -3.74. The molecule has 11 heteroatoms. The monoisotopic (exact) mass is 464 g/mol. The average Bonchev–Trinajstić information content (AvgIpc) is 3.44. The Morgan fingerprint density at radius 3 is 2.64 bits per heavy atom. The zero-order valence-corrected chi connectivity index (χ0v) is 18.0. The second-order valence-electron chi connectivity index (χ2n) is 7.48. The van der Waals surface area contributed by atoms with Crippen LogP contribution in [-0.2, 0) is 9.84 Å². The molecule has 4 aromatic heterocycles. The number of amides is 1. The number of sulfone groups is 1. The Morgan fingerprint density at radius 1 is 1.09 bits per heavy atom. The van der Waals surface area contributed by atoms with E-state index < -0.39 is 21.1 Å². The maximum absolute atomic E-state index is 13.3. The van der Waals surface area contributed by atoms with Crippen molar-refractivity contribution in [3.05, 3.63) is 84.3 Å². The van der Waals surface area contributed by atoms with Gasteiger partial charge < -0.3 is 10.3 Å². The summed E-state index contributed by atoms with van der Waals surface area (Å²) in [5, 5.41) is 6.69. The number of rotatable bonds is 5. The number of fused-ring (bicyclic) bond motifs is 2. The lowest BCUT2D eigenvalue weighted by Gasteiger charge is -2.18. The first-order valence-electron chi connectivity index (χ1n) is 9.82. The molecule has 0 radical (unpaired) electrons. The molecule has 0 saturated carbocycles. The predicted octanol–water partition coefficient (Wildman–Crippen LogP) is 2.91. The Hall–Kier alpha value is -4.12. The molecule has 1 unspecified atom stereocenters. The van der Waals surface area contributed by atoms with Crippen molar-refractivity contribution in [3.8, 4) is 5.69 Å². The third-order valence-corrected chi connectivity index (χ3v) is 6.51. The summed E-state index contributed by atoms with van der Waals surface area (Å²) in [4.78, 5) is 24.5. The largest absolute Gasteiger partial charge is 0.346 e. The highest BCUT2D eigenvalue weighted by Gasteiger charge is 2.28. The first kappa shape index (κ1) is 20.8. The van der Waals surface area contributed by atoms with E-state index in [1.165, 1.54) is 41.6 Å². The van der Waals surface area contributed by atoms with Gasteiger partial charge in [0.15, 0.2) is 15.2 Å². The van der Waals surface area contributed by atoms with E-state index in [0.29, 0.717) is 33.2 Å². The number of carbonyl (C=O) groups is 1. The van der Waals surface area contributed by atoms with Gasteiger partial charge in [0.05, 0.1) is 29.2 Å². The number of carbonyl (C=O) groups excluding carboxylic acids is 1. The summed E-state index contributed by atoms with van der Waals surface area (Å²) in [6, 6.07) is 8.99. The topological polar surface area (TPSA) is 123 Å². The minimum Gasteiger partial charge on any atom is -0.346 e. The fourth-order valence-corrected chi connectivity index (χ4v) is 4.72. The van der Waals surface area contributed by atoms with Crippen molar-refractivity contribution in [3.63, 3.8) is 0 Å². The highest BCUT2D eigenvalue weighted by atomic mass is 32.2. The van der Waals surface area contributed by atoms with E-state index in [9.17, 15) is 17.6 Å². The third kappa shape index (κ3) is 3.72. The van der Waals surface area contributed by atoms with Crippen molar-refractivity contribution >= 4 is 37.7 Å². The number of H-pyrrole nitrogens is 1. The Balaban J connectivity index is 1.55. The quantitative estimate of drug-likeness (QED) is 0.412. The Kier molecular flexibility index (Phi) is 4.90. The molecule has 0 aliphatic rings. The number of hydrogen-bond acceptors (Lipinski definition) is 6. The molecule has 5 aromatic rings. The van der Waals surface area contributed by atoms with Gasteiger partial charge in [-0.1, -0.05) is 0 Å². The molecule has 1 atom stereocenters. The highest BCUT2D eigenvalue weighted by molar-refractivity contribution is 7.90. The summed E-state index contributed by atoms with van der Waals surface area (Å²) < 4.78 is 40.1. The molecule has 0 bridgehead atoms. The van der Waals surface area contributed by atoms with Crippen LogP contribution < -0.4 is 5.32 Å². The smallest absolute Gasteiger partial charge is 0.254 e. The second-order valence-corrected chi connectivity index (χ2v) is 9.61. The zero-order valence-electron chi connectivity index (χ0n) is 17.2. The zero-order chi connectivity index (χ0) is 23.2. The van der Waals surface area contributed by atoms with Crippen molar-refractivity contribution in [2.24, 2.45) is 0 Å². The summed E-state index contributed by atoms with van der Waals surface area (Å²) in [6.45, 7) is 0. The molecule has 9 nitrogen and oxygen atoms in total. The van der Waals surface area contributed by atoms with Gasteiger partial charge in [-0.15, -0.1) is 0 Å². The summed E-state index contributed by atoms with van der Waals surface area (Å²) in [5.41, 5.74) is 2.18. The van der Waals surface area contributed by atoms with Crippen LogP contribution in [-0.4, -0.2) is 45.3 Å². The van der Waals surface area contributed by atoms with E-state index >= 15 is 0 Å². The SMILES string of the molecule is CS(=O)(=O)C(NC(=O)c1cncc2c1cnn2-c1ccc(F)cc1)c1ccnc2[nH]ccc12. The van der Waals surface area contributed by atoms with Crippen LogP contribution in [0.15, 0.2) is 67.4 Å². The van der Waals surface area contributed by atoms with Crippen molar-refractivity contribution < 1.29 is 17.6 Å². The van der Waals surface area contributed by atoms with E-state index in [0.717, 1.165) is 6.26 Å². The van der Waals surface area contributed by atoms with Crippen LogP contribution in [0, 0.1) is 5.82 Å². The molecule has 5 rings (SSSR count). The van der Waals surface area contributed by atoms with Crippen molar-refractivity contribution in [1.82, 2.24) is 30.0 Å². The van der Waals surface area contributed by atoms with Gasteiger partial charge in [0.2, 0.25) is 0 Å². The first-order chi connectivity index (χ1) is 15.8. The number of hydrogen-bond donors (Lipinski definition) is 2. The van der Waals surface area contributed by atoms with Crippen LogP contribution in [0.1, 0.15) is 21.3 Å². The minimum atomic E-state index is -3.74. The van der Waals surface area contributed by atoms with Crippen molar-refractivity contribution in [2.45, 2.75) is 5.37 Å². The average molecular weight is 464 g/mol. The highest BCUT2D eigenvalue weighted by Crippen LogP contribution is 2.27. The Labute approximate surface area is 187 Å². The number of nitrogens with zero attached hydrogens (tertiary/aromatic N) is 4. The van der Waals surface area contributed by atoms with Crippen LogP contribution in [0.3, 0.4) is 0 Å². The number of aromatic nitrogens is 5. The fourth-order valence-electron chi connectivity index (χ4n) is 3.73. The molecular weight excluding hydrogens is 447 g/mol. The van der Waals surface area contributed by atoms with Gasteiger partial charge in [-0.05, 0) is 36.4 Å². The Morgan fingerprint density at radius 2 is 1.88 bits per heavy atom. The van der Waals surface area contributed by atoms with Crippen LogP contribution >= 0.6 is 0 Å². The maximum atomic E-state index is 13.3. The normalized spacial score (nSPS) is 12.8. The number of benzene rings is 1. The number of pyridine rings is 2. The lowest BCUT2D eigenvalue weighted by molar-refractivity contribution is 0.0949. The lowest BCUT2D eigenvalue weighted by Crippen LogP contribution is -2.33. The minimum absolute atomic E-state index is 0.161. The number of aromatic amines is 1. The molecule has 0 spiro atoms. The third-order valence-electron chi connectivity index (χ3n) is 5.28. The Bertz CT molecular complexity index is 1610. The molecule has 0 aliphatic carbocycles. The molecule has 4 heterocycles. The molecule has 1 aromatic carbocycles. The van der Waals surface area contributed by atoms with Gasteiger partial charge >= 0.3 is 0 Å². The van der Waals surface area contributed by atoms with Crippen LogP contribution in [0.5, 0.6) is 0 Å². The predicted molar refractivity (Wildman–Crippen MR) is 120 cm³/mol. The van der Waals surface area contributed by atoms with Gasteiger partial charge in [-0.25, -0.2) is 22.5 Å². The number of halogens is 1. The maximum Gasteiger partial charge on any atom is 0.254 e. The van der Waals surface area contributed by atoms with Crippen molar-refractivity contribution in [1.29, 1.82) is 0 Å². The van der Waals surface area contributed by atoms with Crippen molar-refractivity contribution in [2.75, 3.05) is 6.26 Å². The molecular formula is C22H17FN6O3S. The standard InChI is InChI=1S/C22H17FN6O3S/c1-33(31,32)22(16-7-9-26-20-15(16)6-8-25-20)28-21(30)18-10-24-12-19-17(18)11-27-29(19)14-4-2-13(23)3-5-14/h2-12,22H,1H3,(H,25,26)(H,28,30). The molecule has 0 fully saturated rings. The fraction of sp³-hybridized carbons (Fsp3) is 0.0909. The van der Waals surface area contributed by atoms with E-state index in [1.54, 1.807) is 30.5 Å². The molecule has 2 N–H and O–H groups in total. The van der Waals surface area contributed by atoms with Gasteiger partial charge in [-0.3, -0.25) is 9.78 Å². The number of nitrogens with one attached hydrogen (secondary N) is 2. The van der Waals surface area contributed by atoms with Gasteiger partial charge in [-0.2, -0.15) is 5.10 Å². The lowest BCUT2D eigenvalue weighted by atomic mass is 10.1.